The van der Waals surface area contributed by atoms with Crippen LogP contribution in [0, 0.1) is 0 Å². The van der Waals surface area contributed by atoms with Crippen molar-refractivity contribution >= 4 is 0 Å². The highest BCUT2D eigenvalue weighted by Gasteiger charge is -0.0516. The molecule has 224 valence electrons. The quantitative estimate of drug-likeness (QED) is 0.339. The summed E-state index contributed by atoms with van der Waals surface area (Å²) >= 11 is 0. The van der Waals surface area contributed by atoms with Crippen molar-refractivity contribution in [2.75, 3.05) is 0 Å². The fourth-order valence-electron chi connectivity index (χ4n) is 0. The Morgan fingerprint density at radius 2 is 0.222 bits per heavy atom. The molecular weight excluding hydrogens is 324 g/mol. The van der Waals surface area contributed by atoms with Gasteiger partial charge in [-0.1, -0.05) is 200 Å². The molecule has 0 unspecified atom stereocenters. The van der Waals surface area contributed by atoms with Crippen molar-refractivity contribution in [1.82, 2.24) is 0 Å². The van der Waals surface area contributed by atoms with Crippen LogP contribution in [0.2, 0.25) is 0 Å². The van der Waals surface area contributed by atoms with Crippen LogP contribution in [0.1, 0.15) is 212 Å². The summed E-state index contributed by atoms with van der Waals surface area (Å²) in [4.78, 5) is 0. The first-order valence-electron chi connectivity index (χ1n) is 3.41. The summed E-state index contributed by atoms with van der Waals surface area (Å²) in [5, 5.41) is 0. The van der Waals surface area contributed by atoms with Crippen LogP contribution < -0.4 is 0 Å². The highest BCUT2D eigenvalue weighted by atomic mass is 12.0. The van der Waals surface area contributed by atoms with Gasteiger partial charge < -0.3 is 0 Å². The van der Waals surface area contributed by atoms with E-state index in [9.17, 15) is 0 Å². The van der Waals surface area contributed by atoms with Crippen molar-refractivity contribution in [3.63, 3.8) is 0 Å². The predicted octanol–water partition coefficient (Wildman–Crippen LogP) is 18.2. The van der Waals surface area contributed by atoms with Gasteiger partial charge in [0.05, 0.1) is 0 Å². The Balaban J connectivity index is -0.000000000170. The van der Waals surface area contributed by atoms with E-state index in [4.69, 9.17) is 8.68 Å². The molecule has 0 aromatic carbocycles. The molecule has 0 atom stereocenters. The topological polar surface area (TPSA) is 0 Å². The SMILES string of the molecule is C.C.C.C.C.C.C.C.C.C.C.C.C.C.C.C.C.C.C.C.C.C.C.C.C.C.[3HH].[3HH].[3H]C[3H].[3H][3H].[3H][3H]. The van der Waals surface area contributed by atoms with Crippen molar-refractivity contribution in [2.45, 2.75) is 200 Å². The number of rotatable bonds is 0. The number of hydrogen-bond acceptors (Lipinski definition) is 0. The summed E-state index contributed by atoms with van der Waals surface area (Å²) in [6, 6.07) is 0. The van der Waals surface area contributed by atoms with Crippen LogP contribution in [0.5, 0.6) is 0 Å². The third-order valence-corrected chi connectivity index (χ3v) is 0. The molecule has 0 saturated carbocycles. The molecule has 0 nitrogen and oxygen atoms in total. The fourth-order valence-corrected chi connectivity index (χ4v) is 0. The Morgan fingerprint density at radius 3 is 0.222 bits per heavy atom. The van der Waals surface area contributed by atoms with Gasteiger partial charge in [0, 0.05) is 11.5 Å². The van der Waals surface area contributed by atoms with E-state index in [1.807, 2.05) is 0 Å². The maximum absolute atomic E-state index is 5.88. The van der Waals surface area contributed by atoms with E-state index in [2.05, 4.69) is 0 Å². The first-order valence-corrected chi connectivity index (χ1v) is 0. The monoisotopic (exact) mass is 457 g/mol. The fraction of sp³-hybridized carbons (Fsp3) is 1.00. The zero-order valence-corrected chi connectivity index (χ0v) is 0.707. The minimum atomic E-state index is -0.250. The third-order valence-electron chi connectivity index (χ3n) is 0. The standard InChI is InChI=1S/27CH4.4H2/h27*1H4;4*1H/i1T2;;;;;;;;;;;;;;;;;;;;;;;;;;;2*1+2T;2*1+2. The molecule has 0 saturated heterocycles. The average molecular weight is 457 g/mol. The van der Waals surface area contributed by atoms with Crippen LogP contribution in [-0.2, 0) is 0 Å². The van der Waals surface area contributed by atoms with E-state index >= 15 is 0 Å². The summed E-state index contributed by atoms with van der Waals surface area (Å²) in [5.41, 5.74) is 0. The molecule has 0 spiro atoms. The molecule has 0 fully saturated rings. The molecule has 0 aliphatic carbocycles. The molecule has 0 N–H and O–H groups in total. The second-order valence-corrected chi connectivity index (χ2v) is 0. The Morgan fingerprint density at radius 1 is 0.222 bits per heavy atom. The van der Waals surface area contributed by atoms with Gasteiger partial charge in [-0.25, -0.2) is 0 Å². The van der Waals surface area contributed by atoms with E-state index in [-0.39, 0.29) is 203 Å². The van der Waals surface area contributed by atoms with Crippen LogP contribution in [0.25, 0.3) is 0 Å². The lowest BCUT2D eigenvalue weighted by atomic mass is 12.0. The van der Waals surface area contributed by atoms with Gasteiger partial charge >= 0.3 is 0 Å². The van der Waals surface area contributed by atoms with Crippen LogP contribution in [0.3, 0.4) is 0 Å². The van der Waals surface area contributed by atoms with Crippen LogP contribution >= 0.6 is 0 Å². The minimum Gasteiger partial charge on any atom is -0.0776 e. The first-order chi connectivity index (χ1) is 3.41. The first kappa shape index (κ1) is 1140. The zero-order valence-electron chi connectivity index (χ0n) is 6.71. The van der Waals surface area contributed by atoms with Crippen LogP contribution in [-0.4, -0.2) is 0 Å². The molecule has 0 aromatic heterocycles. The van der Waals surface area contributed by atoms with Crippen molar-refractivity contribution in [3.8, 4) is 0 Å². The Bertz CT molecular complexity index is 27.1. The highest BCUT2D eigenvalue weighted by Crippen LogP contribution is 0.170. The molecule has 0 radical (unpaired) electrons. The molecule has 0 heteroatoms. The molecule has 27 heavy (non-hydrogen) atoms. The normalized spacial score (nSPS) is 1.33. The van der Waals surface area contributed by atoms with Gasteiger partial charge in [-0.3, -0.25) is 0 Å². The van der Waals surface area contributed by atoms with Crippen molar-refractivity contribution < 1.29 is 11.5 Å². The Labute approximate surface area is 212 Å². The van der Waals surface area contributed by atoms with Crippen molar-refractivity contribution in [1.29, 1.82) is 0 Å². The Kier molecular flexibility index (Phi) is 0. The molecule has 0 aliphatic heterocycles. The van der Waals surface area contributed by atoms with Crippen LogP contribution in [0.4, 0.5) is 0 Å². The second-order valence-electron chi connectivity index (χ2n) is 0. The third kappa shape index (κ3) is 0. The molecule has 0 aliphatic rings. The summed E-state index contributed by atoms with van der Waals surface area (Å²) in [6.45, 7) is 0. The molecule has 0 rings (SSSR count). The summed E-state index contributed by atoms with van der Waals surface area (Å²) in [5.74, 6) is 0. The van der Waals surface area contributed by atoms with Gasteiger partial charge in [0.25, 0.3) is 0 Å². The van der Waals surface area contributed by atoms with E-state index in [0.717, 1.165) is 0 Å². The van der Waals surface area contributed by atoms with Gasteiger partial charge in [0.1, 0.15) is 0 Å². The average Bonchev–Trinajstić information content (AvgIpc) is 1.78. The van der Waals surface area contributed by atoms with Gasteiger partial charge in [0.15, 0.2) is 0 Å². The second kappa shape index (κ2) is 0. The van der Waals surface area contributed by atoms with Gasteiger partial charge in [-0.15, -0.1) is 0 Å². The van der Waals surface area contributed by atoms with E-state index < -0.39 is 0 Å². The maximum Gasteiger partial charge on any atom is 0.0194 e. The summed E-state index contributed by atoms with van der Waals surface area (Å²) in [6.07, 6.45) is 0. The highest BCUT2D eigenvalue weighted by molar-refractivity contribution is 2.53. The summed E-state index contributed by atoms with van der Waals surface area (Å²) < 4.78 is 31.8. The maximum atomic E-state index is 5.88. The minimum absolute atomic E-state index is 0. The molecular formula is C27H116. The van der Waals surface area contributed by atoms with Gasteiger partial charge in [-0.05, 0) is 0 Å². The molecule has 0 heterocycles. The van der Waals surface area contributed by atoms with Crippen molar-refractivity contribution in [2.24, 2.45) is 0 Å². The largest absolute Gasteiger partial charge is 0.0776 e. The zero-order chi connectivity index (χ0) is 6.71. The van der Waals surface area contributed by atoms with E-state index in [0.29, 0.717) is 0 Å². The smallest absolute Gasteiger partial charge is 0.0194 e. The predicted molar refractivity (Wildman–Crippen MR) is 190 cm³/mol. The summed E-state index contributed by atoms with van der Waals surface area (Å²) in [7, 11) is -0.250. The Hall–Kier alpha value is 0. The van der Waals surface area contributed by atoms with Gasteiger partial charge in [0.2, 0.25) is 0 Å². The molecule has 0 amide bonds. The van der Waals surface area contributed by atoms with Gasteiger partial charge in [-0.2, -0.15) is 0 Å². The van der Waals surface area contributed by atoms with E-state index in [1.165, 1.54) is 0 Å². The number of hydrogen-bond donors (Lipinski definition) is 0. The van der Waals surface area contributed by atoms with Crippen molar-refractivity contribution in [3.05, 3.63) is 0 Å². The lowest BCUT2D eigenvalue weighted by Crippen LogP contribution is 0.143. The lowest BCUT2D eigenvalue weighted by molar-refractivity contribution is 2.50. The van der Waals surface area contributed by atoms with E-state index in [1.54, 1.807) is 0 Å². The molecule has 0 bridgehead atoms. The molecule has 0 aromatic rings. The van der Waals surface area contributed by atoms with Crippen LogP contribution in [0.15, 0.2) is 0 Å². The lowest BCUT2D eigenvalue weighted by Gasteiger charge is -0.0786.